The summed E-state index contributed by atoms with van der Waals surface area (Å²) >= 11 is 0. The molecule has 1 N–H and O–H groups in total. The summed E-state index contributed by atoms with van der Waals surface area (Å²) in [7, 11) is 0. The van der Waals surface area contributed by atoms with Gasteiger partial charge in [-0.05, 0) is 51.5 Å². The van der Waals surface area contributed by atoms with Crippen LogP contribution in [0, 0.1) is 13.8 Å². The molecule has 7 heteroatoms. The van der Waals surface area contributed by atoms with Crippen molar-refractivity contribution >= 4 is 23.8 Å². The van der Waals surface area contributed by atoms with Crippen LogP contribution in [0.25, 0.3) is 6.08 Å². The van der Waals surface area contributed by atoms with Gasteiger partial charge in [0.2, 0.25) is 5.78 Å². The summed E-state index contributed by atoms with van der Waals surface area (Å²) < 4.78 is 15.4. The van der Waals surface area contributed by atoms with Gasteiger partial charge in [0.25, 0.3) is 0 Å². The first-order valence-corrected chi connectivity index (χ1v) is 9.34. The summed E-state index contributed by atoms with van der Waals surface area (Å²) in [6.07, 6.45) is 2.82. The number of H-pyrrole nitrogens is 1. The number of hydrogen-bond donors (Lipinski definition) is 1. The minimum absolute atomic E-state index is 0.176. The Labute approximate surface area is 169 Å². The minimum Gasteiger partial charge on any atom is -0.494 e. The predicted octanol–water partition coefficient (Wildman–Crippen LogP) is 3.65. The van der Waals surface area contributed by atoms with E-state index in [4.69, 9.17) is 14.2 Å². The van der Waals surface area contributed by atoms with Crippen molar-refractivity contribution in [3.63, 3.8) is 0 Å². The number of rotatable bonds is 9. The lowest BCUT2D eigenvalue weighted by Crippen LogP contribution is -2.17. The molecule has 2 rings (SSSR count). The Morgan fingerprint density at radius 2 is 1.59 bits per heavy atom. The lowest BCUT2D eigenvalue weighted by Gasteiger charge is -2.06. The zero-order chi connectivity index (χ0) is 21.4. The largest absolute Gasteiger partial charge is 0.494 e. The van der Waals surface area contributed by atoms with Gasteiger partial charge in [-0.25, -0.2) is 9.59 Å². The lowest BCUT2D eigenvalue weighted by molar-refractivity contribution is -0.136. The minimum atomic E-state index is -0.658. The van der Waals surface area contributed by atoms with Gasteiger partial charge in [-0.1, -0.05) is 12.1 Å². The van der Waals surface area contributed by atoms with E-state index in [1.54, 1.807) is 51.1 Å². The molecule has 0 saturated heterocycles. The van der Waals surface area contributed by atoms with Crippen LogP contribution < -0.4 is 4.74 Å². The summed E-state index contributed by atoms with van der Waals surface area (Å²) in [5.41, 5.74) is 2.21. The molecule has 0 unspecified atom stereocenters. The molecule has 0 aliphatic carbocycles. The molecule has 0 radical (unpaired) electrons. The maximum Gasteiger partial charge on any atom is 0.340 e. The van der Waals surface area contributed by atoms with Crippen LogP contribution in [0.3, 0.4) is 0 Å². The van der Waals surface area contributed by atoms with Crippen LogP contribution in [-0.2, 0) is 14.3 Å². The van der Waals surface area contributed by atoms with Crippen LogP contribution >= 0.6 is 0 Å². The van der Waals surface area contributed by atoms with E-state index in [2.05, 4.69) is 4.98 Å². The van der Waals surface area contributed by atoms with Crippen molar-refractivity contribution in [2.24, 2.45) is 0 Å². The third kappa shape index (κ3) is 5.81. The Morgan fingerprint density at radius 3 is 2.21 bits per heavy atom. The molecular weight excluding hydrogens is 374 g/mol. The molecule has 0 amide bonds. The standard InChI is InChI=1S/C22H25NO6/c1-5-27-17-10-7-16(8-11-17)9-12-19(25)29-13-18(24)20-14(3)23-15(4)21(20)22(26)28-6-2/h7-12,23H,5-6,13H2,1-4H3/b12-9+. The molecule has 2 aromatic rings. The Hall–Kier alpha value is -3.35. The number of esters is 2. The number of nitrogens with one attached hydrogen (secondary N) is 1. The number of hydrogen-bond acceptors (Lipinski definition) is 6. The Bertz CT molecular complexity index is 908. The highest BCUT2D eigenvalue weighted by Gasteiger charge is 2.25. The van der Waals surface area contributed by atoms with E-state index in [1.807, 2.05) is 6.92 Å². The molecule has 7 nitrogen and oxygen atoms in total. The average Bonchev–Trinajstić information content (AvgIpc) is 3.00. The number of ketones is 1. The molecule has 0 aliphatic heterocycles. The zero-order valence-corrected chi connectivity index (χ0v) is 17.0. The number of carbonyl (C=O) groups excluding carboxylic acids is 3. The average molecular weight is 399 g/mol. The van der Waals surface area contributed by atoms with Crippen LogP contribution in [0.2, 0.25) is 0 Å². The molecule has 0 spiro atoms. The summed E-state index contributed by atoms with van der Waals surface area (Å²) in [6.45, 7) is 7.24. The monoisotopic (exact) mass is 399 g/mol. The highest BCUT2D eigenvalue weighted by Crippen LogP contribution is 2.20. The van der Waals surface area contributed by atoms with Gasteiger partial charge >= 0.3 is 11.9 Å². The van der Waals surface area contributed by atoms with Crippen molar-refractivity contribution in [1.82, 2.24) is 4.98 Å². The second-order valence-corrected chi connectivity index (χ2v) is 6.21. The fraction of sp³-hybridized carbons (Fsp3) is 0.318. The van der Waals surface area contributed by atoms with Gasteiger partial charge < -0.3 is 19.2 Å². The van der Waals surface area contributed by atoms with Crippen LogP contribution in [0.4, 0.5) is 0 Å². The van der Waals surface area contributed by atoms with Crippen LogP contribution in [0.15, 0.2) is 30.3 Å². The molecule has 154 valence electrons. The van der Waals surface area contributed by atoms with Gasteiger partial charge in [0, 0.05) is 17.5 Å². The van der Waals surface area contributed by atoms with Gasteiger partial charge in [0.05, 0.1) is 24.3 Å². The van der Waals surface area contributed by atoms with Crippen molar-refractivity contribution in [3.05, 3.63) is 58.4 Å². The molecule has 0 aliphatic rings. The summed E-state index contributed by atoms with van der Waals surface area (Å²) in [5.74, 6) is -0.973. The Morgan fingerprint density at radius 1 is 0.931 bits per heavy atom. The van der Waals surface area contributed by atoms with E-state index in [-0.39, 0.29) is 17.7 Å². The van der Waals surface area contributed by atoms with E-state index >= 15 is 0 Å². The topological polar surface area (TPSA) is 94.7 Å². The first kappa shape index (κ1) is 21.9. The number of benzene rings is 1. The lowest BCUT2D eigenvalue weighted by atomic mass is 10.1. The fourth-order valence-corrected chi connectivity index (χ4v) is 2.85. The fourth-order valence-electron chi connectivity index (χ4n) is 2.85. The number of aromatic nitrogens is 1. The van der Waals surface area contributed by atoms with Crippen LogP contribution in [0.1, 0.15) is 51.5 Å². The maximum absolute atomic E-state index is 12.5. The molecule has 0 bridgehead atoms. The van der Waals surface area contributed by atoms with E-state index < -0.39 is 24.3 Å². The van der Waals surface area contributed by atoms with Crippen molar-refractivity contribution in [2.45, 2.75) is 27.7 Å². The van der Waals surface area contributed by atoms with Gasteiger partial charge in [-0.3, -0.25) is 4.79 Å². The first-order valence-electron chi connectivity index (χ1n) is 9.34. The molecule has 1 aromatic heterocycles. The molecule has 29 heavy (non-hydrogen) atoms. The Balaban J connectivity index is 2.00. The number of Topliss-reactive ketones (excluding diaryl/α,β-unsaturated/α-hetero) is 1. The first-order chi connectivity index (χ1) is 13.9. The SMILES string of the molecule is CCOC(=O)c1c(C)[nH]c(C)c1C(=O)COC(=O)/C=C/c1ccc(OCC)cc1. The van der Waals surface area contributed by atoms with E-state index in [0.717, 1.165) is 11.3 Å². The highest BCUT2D eigenvalue weighted by atomic mass is 16.5. The molecular formula is C22H25NO6. The summed E-state index contributed by atoms with van der Waals surface area (Å²) in [4.78, 5) is 39.6. The second-order valence-electron chi connectivity index (χ2n) is 6.21. The van der Waals surface area contributed by atoms with Crippen molar-refractivity contribution in [3.8, 4) is 5.75 Å². The molecule has 0 fully saturated rings. The maximum atomic E-state index is 12.5. The van der Waals surface area contributed by atoms with Crippen molar-refractivity contribution in [1.29, 1.82) is 0 Å². The van der Waals surface area contributed by atoms with Gasteiger partial charge in [-0.2, -0.15) is 0 Å². The van der Waals surface area contributed by atoms with Crippen LogP contribution in [-0.4, -0.2) is 42.5 Å². The van der Waals surface area contributed by atoms with Crippen LogP contribution in [0.5, 0.6) is 5.75 Å². The third-order valence-corrected chi connectivity index (χ3v) is 4.08. The van der Waals surface area contributed by atoms with Crippen molar-refractivity contribution in [2.75, 3.05) is 19.8 Å². The molecule has 0 saturated carbocycles. The predicted molar refractivity (Wildman–Crippen MR) is 108 cm³/mol. The number of carbonyl (C=O) groups is 3. The Kier molecular flexibility index (Phi) is 7.77. The van der Waals surface area contributed by atoms with E-state index in [1.165, 1.54) is 6.08 Å². The smallest absolute Gasteiger partial charge is 0.340 e. The van der Waals surface area contributed by atoms with Gasteiger partial charge in [0.1, 0.15) is 5.75 Å². The molecule has 1 aromatic carbocycles. The summed E-state index contributed by atoms with van der Waals surface area (Å²) in [6, 6.07) is 7.20. The summed E-state index contributed by atoms with van der Waals surface area (Å²) in [5, 5.41) is 0. The normalized spacial score (nSPS) is 10.8. The third-order valence-electron chi connectivity index (χ3n) is 4.08. The van der Waals surface area contributed by atoms with Gasteiger partial charge in [0.15, 0.2) is 6.61 Å². The highest BCUT2D eigenvalue weighted by molar-refractivity contribution is 6.09. The number of aryl methyl sites for hydroxylation is 2. The van der Waals surface area contributed by atoms with E-state index in [0.29, 0.717) is 18.0 Å². The number of ether oxygens (including phenoxy) is 3. The number of aromatic amines is 1. The molecule has 1 heterocycles. The zero-order valence-electron chi connectivity index (χ0n) is 17.0. The van der Waals surface area contributed by atoms with E-state index in [9.17, 15) is 14.4 Å². The second kappa shape index (κ2) is 10.3. The quantitative estimate of drug-likeness (QED) is 0.393. The molecule has 0 atom stereocenters. The van der Waals surface area contributed by atoms with Gasteiger partial charge in [-0.15, -0.1) is 0 Å². The van der Waals surface area contributed by atoms with Crippen molar-refractivity contribution < 1.29 is 28.6 Å².